The third-order valence-electron chi connectivity index (χ3n) is 6.83. The monoisotopic (exact) mass is 396 g/mol. The largest absolute Gasteiger partial charge is 0.469 e. The van der Waals surface area contributed by atoms with Crippen LogP contribution in [0, 0.1) is 11.8 Å². The van der Waals surface area contributed by atoms with Crippen molar-refractivity contribution in [2.75, 3.05) is 6.54 Å². The Morgan fingerprint density at radius 2 is 2.24 bits per heavy atom. The van der Waals surface area contributed by atoms with Crippen LogP contribution in [0.4, 0.5) is 0 Å². The summed E-state index contributed by atoms with van der Waals surface area (Å²) in [5, 5.41) is 12.1. The van der Waals surface area contributed by atoms with Crippen LogP contribution in [0.25, 0.3) is 0 Å². The summed E-state index contributed by atoms with van der Waals surface area (Å²) in [6.07, 6.45) is 11.0. The van der Waals surface area contributed by atoms with Crippen molar-refractivity contribution in [1.82, 2.24) is 25.4 Å². The molecule has 0 saturated heterocycles. The van der Waals surface area contributed by atoms with E-state index in [4.69, 9.17) is 9.41 Å². The summed E-state index contributed by atoms with van der Waals surface area (Å²) < 4.78 is 7.54. The van der Waals surface area contributed by atoms with E-state index >= 15 is 0 Å². The molecule has 4 unspecified atom stereocenters. The molecule has 3 heterocycles. The Kier molecular flexibility index (Phi) is 5.29. The molecule has 7 nitrogen and oxygen atoms in total. The number of nitrogens with one attached hydrogen (secondary N) is 2. The van der Waals surface area contributed by atoms with Crippen molar-refractivity contribution in [3.63, 3.8) is 0 Å². The van der Waals surface area contributed by atoms with E-state index in [0.717, 1.165) is 74.0 Å². The third-order valence-corrected chi connectivity index (χ3v) is 6.83. The van der Waals surface area contributed by atoms with Crippen molar-refractivity contribution in [3.8, 4) is 0 Å². The number of rotatable bonds is 6. The molecular weight excluding hydrogens is 364 g/mol. The topological polar surface area (TPSA) is 80.3 Å². The molecule has 0 aromatic carbocycles. The average Bonchev–Trinajstić information content (AvgIpc) is 3.51. The highest BCUT2D eigenvalue weighted by molar-refractivity contribution is 5.80. The van der Waals surface area contributed by atoms with Crippen LogP contribution >= 0.6 is 0 Å². The van der Waals surface area contributed by atoms with E-state index < -0.39 is 0 Å². The maximum atomic E-state index is 5.46. The molecule has 5 rings (SSSR count). The van der Waals surface area contributed by atoms with Gasteiger partial charge in [-0.25, -0.2) is 9.67 Å². The van der Waals surface area contributed by atoms with Crippen molar-refractivity contribution in [2.45, 2.75) is 76.9 Å². The zero-order valence-electron chi connectivity index (χ0n) is 17.3. The fourth-order valence-electron chi connectivity index (χ4n) is 5.28. The number of furan rings is 1. The molecule has 7 heteroatoms. The first-order valence-electron chi connectivity index (χ1n) is 11.3. The fourth-order valence-corrected chi connectivity index (χ4v) is 5.28. The normalized spacial score (nSPS) is 28.5. The minimum atomic E-state index is 0.336. The molecule has 156 valence electrons. The molecule has 3 aliphatic rings. The Morgan fingerprint density at radius 1 is 1.28 bits per heavy atom. The average molecular weight is 397 g/mol. The zero-order chi connectivity index (χ0) is 19.6. The maximum Gasteiger partial charge on any atom is 0.191 e. The van der Waals surface area contributed by atoms with Crippen LogP contribution in [-0.2, 0) is 25.8 Å². The summed E-state index contributed by atoms with van der Waals surface area (Å²) in [5.41, 5.74) is 0. The van der Waals surface area contributed by atoms with Gasteiger partial charge < -0.3 is 15.1 Å². The second-order valence-corrected chi connectivity index (χ2v) is 8.85. The second-order valence-electron chi connectivity index (χ2n) is 8.85. The van der Waals surface area contributed by atoms with Crippen LogP contribution in [0.15, 0.2) is 27.8 Å². The molecule has 1 aliphatic heterocycles. The number of fused-ring (bicyclic) bond motifs is 3. The first-order chi connectivity index (χ1) is 14.3. The molecule has 4 atom stereocenters. The van der Waals surface area contributed by atoms with E-state index in [0.29, 0.717) is 12.1 Å². The molecule has 2 bridgehead atoms. The van der Waals surface area contributed by atoms with E-state index in [2.05, 4.69) is 32.3 Å². The lowest BCUT2D eigenvalue weighted by Gasteiger charge is -2.29. The first kappa shape index (κ1) is 18.7. The lowest BCUT2D eigenvalue weighted by molar-refractivity contribution is 0.369. The van der Waals surface area contributed by atoms with Gasteiger partial charge >= 0.3 is 0 Å². The molecule has 2 aliphatic carbocycles. The molecule has 2 aromatic rings. The van der Waals surface area contributed by atoms with E-state index in [9.17, 15) is 0 Å². The molecule has 29 heavy (non-hydrogen) atoms. The van der Waals surface area contributed by atoms with E-state index in [1.807, 2.05) is 12.1 Å². The van der Waals surface area contributed by atoms with Crippen LogP contribution in [0.3, 0.4) is 0 Å². The van der Waals surface area contributed by atoms with Gasteiger partial charge in [0, 0.05) is 37.9 Å². The van der Waals surface area contributed by atoms with E-state index in [1.54, 1.807) is 6.26 Å². The lowest BCUT2D eigenvalue weighted by Crippen LogP contribution is -2.51. The molecule has 0 spiro atoms. The van der Waals surface area contributed by atoms with Gasteiger partial charge in [0.25, 0.3) is 0 Å². The van der Waals surface area contributed by atoms with Crippen molar-refractivity contribution >= 4 is 5.96 Å². The summed E-state index contributed by atoms with van der Waals surface area (Å²) in [7, 11) is 0. The van der Waals surface area contributed by atoms with Gasteiger partial charge in [-0.15, -0.1) is 0 Å². The summed E-state index contributed by atoms with van der Waals surface area (Å²) in [6, 6.07) is 4.86. The second kappa shape index (κ2) is 8.20. The van der Waals surface area contributed by atoms with Crippen LogP contribution in [0.1, 0.15) is 56.4 Å². The van der Waals surface area contributed by atoms with Crippen molar-refractivity contribution in [1.29, 1.82) is 0 Å². The number of hydrogen-bond acceptors (Lipinski definition) is 4. The fraction of sp³-hybridized carbons (Fsp3) is 0.682. The van der Waals surface area contributed by atoms with Crippen LogP contribution in [0.5, 0.6) is 0 Å². The minimum absolute atomic E-state index is 0.336. The zero-order valence-corrected chi connectivity index (χ0v) is 17.3. The summed E-state index contributed by atoms with van der Waals surface area (Å²) in [6.45, 7) is 3.70. The minimum Gasteiger partial charge on any atom is -0.469 e. The van der Waals surface area contributed by atoms with Crippen LogP contribution in [-0.4, -0.2) is 39.4 Å². The molecule has 2 N–H and O–H groups in total. The SMILES string of the molecule is CCc1nc2n(n1)CC(NC(=NCCc1ccco1)NC1CC3CCC1C3)CC2. The Balaban J connectivity index is 1.24. The molecule has 0 amide bonds. The first-order valence-corrected chi connectivity index (χ1v) is 11.3. The van der Waals surface area contributed by atoms with E-state index in [1.165, 1.54) is 25.7 Å². The Labute approximate surface area is 172 Å². The van der Waals surface area contributed by atoms with Crippen LogP contribution < -0.4 is 10.6 Å². The Bertz CT molecular complexity index is 842. The highest BCUT2D eigenvalue weighted by Crippen LogP contribution is 2.44. The van der Waals surface area contributed by atoms with Gasteiger partial charge in [0.2, 0.25) is 0 Å². The maximum absolute atomic E-state index is 5.46. The van der Waals surface area contributed by atoms with Gasteiger partial charge in [0.05, 0.1) is 12.8 Å². The van der Waals surface area contributed by atoms with Gasteiger partial charge in [-0.05, 0) is 49.7 Å². The predicted octanol–water partition coefficient (Wildman–Crippen LogP) is 2.71. The van der Waals surface area contributed by atoms with Gasteiger partial charge in [-0.2, -0.15) is 5.10 Å². The van der Waals surface area contributed by atoms with Gasteiger partial charge in [-0.1, -0.05) is 13.3 Å². The van der Waals surface area contributed by atoms with Gasteiger partial charge in [0.15, 0.2) is 11.8 Å². The smallest absolute Gasteiger partial charge is 0.191 e. The van der Waals surface area contributed by atoms with Crippen LogP contribution in [0.2, 0.25) is 0 Å². The lowest BCUT2D eigenvalue weighted by atomic mass is 9.95. The third kappa shape index (κ3) is 4.19. The number of aromatic nitrogens is 3. The molecule has 2 saturated carbocycles. The number of aliphatic imine (C=N–C) groups is 1. The van der Waals surface area contributed by atoms with Gasteiger partial charge in [0.1, 0.15) is 11.6 Å². The van der Waals surface area contributed by atoms with Gasteiger partial charge in [-0.3, -0.25) is 4.99 Å². The number of hydrogen-bond donors (Lipinski definition) is 2. The summed E-state index contributed by atoms with van der Waals surface area (Å²) in [5.74, 6) is 5.76. The summed E-state index contributed by atoms with van der Waals surface area (Å²) in [4.78, 5) is 9.54. The standard InChI is InChI=1S/C22H32N6O/c1-2-20-26-21-8-7-17(14-28(21)27-20)24-22(23-10-9-18-4-3-11-29-18)25-19-13-15-5-6-16(19)12-15/h3-4,11,15-17,19H,2,5-10,12-14H2,1H3,(H2,23,24,25). The number of aryl methyl sites for hydroxylation is 2. The Morgan fingerprint density at radius 3 is 3.00 bits per heavy atom. The predicted molar refractivity (Wildman–Crippen MR) is 112 cm³/mol. The van der Waals surface area contributed by atoms with Crippen molar-refractivity contribution in [2.24, 2.45) is 16.8 Å². The number of nitrogens with zero attached hydrogens (tertiary/aromatic N) is 4. The van der Waals surface area contributed by atoms with E-state index in [-0.39, 0.29) is 0 Å². The van der Waals surface area contributed by atoms with Crippen molar-refractivity contribution < 1.29 is 4.42 Å². The number of guanidine groups is 1. The Hall–Kier alpha value is -2.31. The molecule has 0 radical (unpaired) electrons. The molecule has 2 fully saturated rings. The van der Waals surface area contributed by atoms with Crippen molar-refractivity contribution in [3.05, 3.63) is 35.8 Å². The summed E-state index contributed by atoms with van der Waals surface area (Å²) >= 11 is 0. The highest BCUT2D eigenvalue weighted by Gasteiger charge is 2.40. The molecular formula is C22H32N6O. The highest BCUT2D eigenvalue weighted by atomic mass is 16.3. The quantitative estimate of drug-likeness (QED) is 0.580. The molecule has 2 aromatic heterocycles.